The van der Waals surface area contributed by atoms with Crippen LogP contribution in [0.3, 0.4) is 0 Å². The third-order valence-corrected chi connectivity index (χ3v) is 2.84. The molecule has 3 nitrogen and oxygen atoms in total. The van der Waals surface area contributed by atoms with Gasteiger partial charge in [0.1, 0.15) is 6.10 Å². The van der Waals surface area contributed by atoms with Crippen LogP contribution in [0, 0.1) is 0 Å². The molecule has 0 radical (unpaired) electrons. The van der Waals surface area contributed by atoms with Gasteiger partial charge in [-0.3, -0.25) is 0 Å². The Morgan fingerprint density at radius 2 is 2.19 bits per heavy atom. The first-order valence-corrected chi connectivity index (χ1v) is 6.43. The molecule has 1 unspecified atom stereocenters. The Bertz CT molecular complexity index is 255. The van der Waals surface area contributed by atoms with E-state index in [4.69, 9.17) is 9.47 Å². The molecular weight excluding hydrogens is 224 g/mol. The number of carbonyl (C=O) groups is 1. The highest BCUT2D eigenvalue weighted by Gasteiger charge is 2.20. The summed E-state index contributed by atoms with van der Waals surface area (Å²) < 4.78 is 10.6. The van der Waals surface area contributed by atoms with Crippen molar-refractivity contribution in [3.63, 3.8) is 0 Å². The molecule has 0 spiro atoms. The van der Waals surface area contributed by atoms with Crippen molar-refractivity contribution in [2.24, 2.45) is 0 Å². The van der Waals surface area contributed by atoms with E-state index in [2.05, 4.69) is 0 Å². The fraction of sp³-hybridized carbons (Fsp3) is 0.750. The first-order valence-electron chi connectivity index (χ1n) is 5.61. The number of ether oxygens (including phenoxy) is 2. The Labute approximate surface area is 102 Å². The Hall–Kier alpha value is -0.480. The fourth-order valence-corrected chi connectivity index (χ4v) is 1.96. The summed E-state index contributed by atoms with van der Waals surface area (Å²) in [5, 5.41) is -0.206. The SMILES string of the molecule is CC(C)(C)SC(=O)OC1/C=C/CCOCC1. The van der Waals surface area contributed by atoms with Crippen LogP contribution in [0.4, 0.5) is 4.79 Å². The molecule has 0 fully saturated rings. The van der Waals surface area contributed by atoms with Gasteiger partial charge in [-0.05, 0) is 24.3 Å². The normalized spacial score (nSPS) is 24.3. The van der Waals surface area contributed by atoms with Gasteiger partial charge in [-0.2, -0.15) is 0 Å². The molecule has 0 aromatic carbocycles. The van der Waals surface area contributed by atoms with Crippen LogP contribution in [0.2, 0.25) is 0 Å². The lowest BCUT2D eigenvalue weighted by atomic mass is 10.2. The van der Waals surface area contributed by atoms with E-state index in [9.17, 15) is 4.79 Å². The van der Waals surface area contributed by atoms with E-state index in [1.165, 1.54) is 11.8 Å². The zero-order valence-corrected chi connectivity index (χ0v) is 11.0. The molecule has 0 saturated carbocycles. The van der Waals surface area contributed by atoms with E-state index in [1.54, 1.807) is 0 Å². The summed E-state index contributed by atoms with van der Waals surface area (Å²) in [5.41, 5.74) is 0. The summed E-state index contributed by atoms with van der Waals surface area (Å²) in [6, 6.07) is 0. The standard InChI is InChI=1S/C12H20O3S/c1-12(2,3)16-11(13)15-10-6-4-5-8-14-9-7-10/h4,6,10H,5,7-9H2,1-3H3/b6-4+. The zero-order chi connectivity index (χ0) is 12.0. The molecule has 0 bridgehead atoms. The third kappa shape index (κ3) is 6.18. The summed E-state index contributed by atoms with van der Waals surface area (Å²) in [5.74, 6) is 0. The Morgan fingerprint density at radius 1 is 1.44 bits per heavy atom. The number of hydrogen-bond donors (Lipinski definition) is 0. The van der Waals surface area contributed by atoms with Crippen molar-refractivity contribution in [3.05, 3.63) is 12.2 Å². The molecule has 92 valence electrons. The van der Waals surface area contributed by atoms with Crippen LogP contribution in [0.15, 0.2) is 12.2 Å². The van der Waals surface area contributed by atoms with Crippen molar-refractivity contribution < 1.29 is 14.3 Å². The van der Waals surface area contributed by atoms with Crippen LogP contribution in [-0.4, -0.2) is 29.4 Å². The maximum absolute atomic E-state index is 11.6. The minimum Gasteiger partial charge on any atom is -0.450 e. The molecule has 1 aliphatic heterocycles. The highest BCUT2D eigenvalue weighted by molar-refractivity contribution is 8.14. The topological polar surface area (TPSA) is 35.5 Å². The van der Waals surface area contributed by atoms with Crippen molar-refractivity contribution in [1.82, 2.24) is 0 Å². The Morgan fingerprint density at radius 3 is 2.88 bits per heavy atom. The summed E-state index contributed by atoms with van der Waals surface area (Å²) in [6.45, 7) is 7.40. The molecule has 0 N–H and O–H groups in total. The molecule has 1 rings (SSSR count). The first-order chi connectivity index (χ1) is 7.47. The van der Waals surface area contributed by atoms with Gasteiger partial charge in [-0.25, -0.2) is 4.79 Å². The molecule has 1 atom stereocenters. The summed E-state index contributed by atoms with van der Waals surface area (Å²) in [6.07, 6.45) is 5.47. The van der Waals surface area contributed by atoms with E-state index >= 15 is 0 Å². The predicted molar refractivity (Wildman–Crippen MR) is 66.8 cm³/mol. The smallest absolute Gasteiger partial charge is 0.368 e. The van der Waals surface area contributed by atoms with Crippen LogP contribution in [0.1, 0.15) is 33.6 Å². The Kier molecular flexibility index (Phi) is 5.35. The van der Waals surface area contributed by atoms with Crippen LogP contribution in [0.5, 0.6) is 0 Å². The maximum Gasteiger partial charge on any atom is 0.368 e. The van der Waals surface area contributed by atoms with Gasteiger partial charge in [-0.1, -0.05) is 26.8 Å². The number of thioether (sulfide) groups is 1. The molecule has 0 aromatic heterocycles. The lowest BCUT2D eigenvalue weighted by Crippen LogP contribution is -2.20. The van der Waals surface area contributed by atoms with E-state index in [-0.39, 0.29) is 16.2 Å². The monoisotopic (exact) mass is 244 g/mol. The maximum atomic E-state index is 11.6. The molecule has 4 heteroatoms. The van der Waals surface area contributed by atoms with Crippen molar-refractivity contribution in [1.29, 1.82) is 0 Å². The molecular formula is C12H20O3S. The number of rotatable bonds is 1. The molecule has 0 saturated heterocycles. The quantitative estimate of drug-likeness (QED) is 0.523. The molecule has 16 heavy (non-hydrogen) atoms. The van der Waals surface area contributed by atoms with E-state index in [0.717, 1.165) is 19.4 Å². The van der Waals surface area contributed by atoms with Gasteiger partial charge in [0.25, 0.3) is 0 Å². The van der Waals surface area contributed by atoms with Gasteiger partial charge < -0.3 is 9.47 Å². The zero-order valence-electron chi connectivity index (χ0n) is 10.2. The average Bonchev–Trinajstić information content (AvgIpc) is 2.06. The molecule has 1 heterocycles. The molecule has 0 aromatic rings. The molecule has 0 aliphatic carbocycles. The fourth-order valence-electron chi connectivity index (χ4n) is 1.29. The van der Waals surface area contributed by atoms with Gasteiger partial charge in [0.2, 0.25) is 0 Å². The van der Waals surface area contributed by atoms with Crippen molar-refractivity contribution in [2.75, 3.05) is 13.2 Å². The largest absolute Gasteiger partial charge is 0.450 e. The number of hydrogen-bond acceptors (Lipinski definition) is 4. The second-order valence-corrected chi connectivity index (χ2v) is 6.50. The minimum atomic E-state index is -0.206. The molecule has 1 aliphatic rings. The minimum absolute atomic E-state index is 0.0983. The van der Waals surface area contributed by atoms with Crippen molar-refractivity contribution in [2.45, 2.75) is 44.5 Å². The lowest BCUT2D eigenvalue weighted by molar-refractivity contribution is 0.0858. The molecule has 0 amide bonds. The summed E-state index contributed by atoms with van der Waals surface area (Å²) in [7, 11) is 0. The van der Waals surface area contributed by atoms with Gasteiger partial charge in [0.05, 0.1) is 13.2 Å². The lowest BCUT2D eigenvalue weighted by Gasteiger charge is -2.20. The second kappa shape index (κ2) is 6.30. The van der Waals surface area contributed by atoms with Gasteiger partial charge in [-0.15, -0.1) is 0 Å². The van der Waals surface area contributed by atoms with Gasteiger partial charge >= 0.3 is 5.30 Å². The van der Waals surface area contributed by atoms with Crippen LogP contribution in [-0.2, 0) is 9.47 Å². The summed E-state index contributed by atoms with van der Waals surface area (Å²) >= 11 is 1.23. The van der Waals surface area contributed by atoms with Crippen molar-refractivity contribution in [3.8, 4) is 0 Å². The van der Waals surface area contributed by atoms with Gasteiger partial charge in [0, 0.05) is 11.2 Å². The number of carbonyl (C=O) groups excluding carboxylic acids is 1. The van der Waals surface area contributed by atoms with Crippen molar-refractivity contribution >= 4 is 17.1 Å². The van der Waals surface area contributed by atoms with E-state index in [0.29, 0.717) is 6.61 Å². The third-order valence-electron chi connectivity index (χ3n) is 1.96. The first kappa shape index (κ1) is 13.6. The van der Waals surface area contributed by atoms with E-state index < -0.39 is 0 Å². The van der Waals surface area contributed by atoms with E-state index in [1.807, 2.05) is 32.9 Å². The van der Waals surface area contributed by atoms with Crippen LogP contribution in [0.25, 0.3) is 0 Å². The summed E-state index contributed by atoms with van der Waals surface area (Å²) in [4.78, 5) is 11.6. The second-order valence-electron chi connectivity index (χ2n) is 4.74. The van der Waals surface area contributed by atoms with Crippen LogP contribution < -0.4 is 0 Å². The van der Waals surface area contributed by atoms with Crippen LogP contribution >= 0.6 is 11.8 Å². The Balaban J connectivity index is 2.39. The van der Waals surface area contributed by atoms with Gasteiger partial charge in [0.15, 0.2) is 0 Å². The highest BCUT2D eigenvalue weighted by Crippen LogP contribution is 2.26. The highest BCUT2D eigenvalue weighted by atomic mass is 32.2. The predicted octanol–water partition coefficient (Wildman–Crippen LogP) is 3.39. The average molecular weight is 244 g/mol.